The van der Waals surface area contributed by atoms with Gasteiger partial charge in [0, 0.05) is 17.5 Å². The molecule has 0 amide bonds. The molecule has 0 spiro atoms. The zero-order chi connectivity index (χ0) is 15.5. The number of nitrogens with zero attached hydrogens (tertiary/aromatic N) is 2. The van der Waals surface area contributed by atoms with Crippen LogP contribution in [0.3, 0.4) is 0 Å². The van der Waals surface area contributed by atoms with Gasteiger partial charge in [-0.05, 0) is 43.7 Å². The number of sulfone groups is 1. The zero-order valence-electron chi connectivity index (χ0n) is 11.8. The SMILES string of the molecule is Cc1cccc(S(=O)(=O)CC(=NO)c2ccnc(C)c2)c1. The number of aryl methyl sites for hydroxylation is 2. The average Bonchev–Trinajstić information content (AvgIpc) is 2.45. The highest BCUT2D eigenvalue weighted by atomic mass is 32.2. The van der Waals surface area contributed by atoms with Crippen molar-refractivity contribution in [3.05, 3.63) is 59.4 Å². The summed E-state index contributed by atoms with van der Waals surface area (Å²) in [5.74, 6) is -0.365. The molecule has 1 aromatic heterocycles. The third kappa shape index (κ3) is 3.66. The lowest BCUT2D eigenvalue weighted by Crippen LogP contribution is -2.18. The molecule has 1 heterocycles. The fraction of sp³-hybridized carbons (Fsp3) is 0.200. The van der Waals surface area contributed by atoms with Gasteiger partial charge in [-0.25, -0.2) is 8.42 Å². The summed E-state index contributed by atoms with van der Waals surface area (Å²) < 4.78 is 24.8. The Morgan fingerprint density at radius 3 is 2.62 bits per heavy atom. The van der Waals surface area contributed by atoms with Crippen LogP contribution in [0.4, 0.5) is 0 Å². The van der Waals surface area contributed by atoms with Gasteiger partial charge in [0.05, 0.1) is 4.90 Å². The summed E-state index contributed by atoms with van der Waals surface area (Å²) in [6.45, 7) is 3.61. The molecule has 0 aliphatic heterocycles. The molecule has 0 unspecified atom stereocenters. The van der Waals surface area contributed by atoms with Gasteiger partial charge in [-0.2, -0.15) is 0 Å². The van der Waals surface area contributed by atoms with Gasteiger partial charge in [-0.3, -0.25) is 4.98 Å². The van der Waals surface area contributed by atoms with Gasteiger partial charge in [-0.1, -0.05) is 17.3 Å². The lowest BCUT2D eigenvalue weighted by atomic mass is 10.1. The first-order valence-electron chi connectivity index (χ1n) is 6.36. The van der Waals surface area contributed by atoms with Crippen LogP contribution < -0.4 is 0 Å². The summed E-state index contributed by atoms with van der Waals surface area (Å²) in [7, 11) is -3.57. The average molecular weight is 304 g/mol. The van der Waals surface area contributed by atoms with Gasteiger partial charge in [0.15, 0.2) is 9.84 Å². The molecule has 21 heavy (non-hydrogen) atoms. The molecule has 0 aliphatic rings. The standard InChI is InChI=1S/C15H16N2O3S/c1-11-4-3-5-14(8-11)21(19,20)10-15(17-18)13-6-7-16-12(2)9-13/h3-9,18H,10H2,1-2H3. The van der Waals surface area contributed by atoms with Crippen LogP contribution in [0.25, 0.3) is 0 Å². The van der Waals surface area contributed by atoms with Crippen molar-refractivity contribution in [1.82, 2.24) is 4.98 Å². The Labute approximate surface area is 123 Å². The highest BCUT2D eigenvalue weighted by Gasteiger charge is 2.19. The fourth-order valence-corrected chi connectivity index (χ4v) is 3.37. The molecule has 0 atom stereocenters. The molecule has 2 aromatic rings. The monoisotopic (exact) mass is 304 g/mol. The van der Waals surface area contributed by atoms with Crippen LogP contribution in [0.1, 0.15) is 16.8 Å². The molecule has 1 aromatic carbocycles. The maximum atomic E-state index is 12.4. The second kappa shape index (κ2) is 6.05. The van der Waals surface area contributed by atoms with Crippen molar-refractivity contribution in [2.24, 2.45) is 5.16 Å². The minimum absolute atomic E-state index is 0.0991. The molecule has 0 radical (unpaired) electrons. The summed E-state index contributed by atoms with van der Waals surface area (Å²) in [4.78, 5) is 4.25. The predicted molar refractivity (Wildman–Crippen MR) is 80.5 cm³/mol. The largest absolute Gasteiger partial charge is 0.411 e. The van der Waals surface area contributed by atoms with Crippen LogP contribution in [0.2, 0.25) is 0 Å². The van der Waals surface area contributed by atoms with E-state index in [-0.39, 0.29) is 16.4 Å². The number of pyridine rings is 1. The molecule has 0 bridgehead atoms. The van der Waals surface area contributed by atoms with Crippen molar-refractivity contribution < 1.29 is 13.6 Å². The van der Waals surface area contributed by atoms with Crippen molar-refractivity contribution in [2.75, 3.05) is 5.75 Å². The smallest absolute Gasteiger partial charge is 0.184 e. The predicted octanol–water partition coefficient (Wildman–Crippen LogP) is 2.35. The van der Waals surface area contributed by atoms with E-state index in [9.17, 15) is 8.42 Å². The second-order valence-corrected chi connectivity index (χ2v) is 6.80. The van der Waals surface area contributed by atoms with Gasteiger partial charge >= 0.3 is 0 Å². The fourth-order valence-electron chi connectivity index (χ4n) is 1.97. The van der Waals surface area contributed by atoms with Gasteiger partial charge in [0.25, 0.3) is 0 Å². The van der Waals surface area contributed by atoms with E-state index in [1.807, 2.05) is 13.0 Å². The normalized spacial score (nSPS) is 12.4. The van der Waals surface area contributed by atoms with Crippen LogP contribution >= 0.6 is 0 Å². The van der Waals surface area contributed by atoms with E-state index >= 15 is 0 Å². The van der Waals surface area contributed by atoms with Crippen LogP contribution in [0.5, 0.6) is 0 Å². The minimum Gasteiger partial charge on any atom is -0.411 e. The molecule has 110 valence electrons. The van der Waals surface area contributed by atoms with E-state index in [0.29, 0.717) is 5.56 Å². The lowest BCUT2D eigenvalue weighted by molar-refractivity contribution is 0.319. The number of oxime groups is 1. The topological polar surface area (TPSA) is 79.6 Å². The van der Waals surface area contributed by atoms with Gasteiger partial charge in [0.1, 0.15) is 11.5 Å². The molecule has 1 N–H and O–H groups in total. The highest BCUT2D eigenvalue weighted by molar-refractivity contribution is 7.92. The van der Waals surface area contributed by atoms with Crippen LogP contribution in [-0.4, -0.2) is 30.1 Å². The van der Waals surface area contributed by atoms with Crippen molar-refractivity contribution in [3.8, 4) is 0 Å². The maximum Gasteiger partial charge on any atom is 0.184 e. The van der Waals surface area contributed by atoms with Crippen LogP contribution in [0, 0.1) is 13.8 Å². The zero-order valence-corrected chi connectivity index (χ0v) is 12.6. The minimum atomic E-state index is -3.57. The van der Waals surface area contributed by atoms with Crippen LogP contribution in [-0.2, 0) is 9.84 Å². The van der Waals surface area contributed by atoms with Crippen LogP contribution in [0.15, 0.2) is 52.6 Å². The molecule has 5 nitrogen and oxygen atoms in total. The third-order valence-corrected chi connectivity index (χ3v) is 4.65. The number of hydrogen-bond acceptors (Lipinski definition) is 5. The Bertz CT molecular complexity index is 783. The summed E-state index contributed by atoms with van der Waals surface area (Å²) in [6.07, 6.45) is 1.55. The highest BCUT2D eigenvalue weighted by Crippen LogP contribution is 2.15. The molecular weight excluding hydrogens is 288 g/mol. The Balaban J connectivity index is 2.35. The summed E-state index contributed by atoms with van der Waals surface area (Å²) >= 11 is 0. The Morgan fingerprint density at radius 2 is 2.00 bits per heavy atom. The number of hydrogen-bond donors (Lipinski definition) is 1. The van der Waals surface area contributed by atoms with Gasteiger partial charge in [0.2, 0.25) is 0 Å². The van der Waals surface area contributed by atoms with E-state index in [1.54, 1.807) is 37.4 Å². The van der Waals surface area contributed by atoms with E-state index < -0.39 is 9.84 Å². The second-order valence-electron chi connectivity index (χ2n) is 4.81. The van der Waals surface area contributed by atoms with E-state index in [0.717, 1.165) is 11.3 Å². The first-order chi connectivity index (χ1) is 9.92. The summed E-state index contributed by atoms with van der Waals surface area (Å²) in [5, 5.41) is 12.3. The summed E-state index contributed by atoms with van der Waals surface area (Å²) in [5.41, 5.74) is 2.23. The molecule has 0 saturated heterocycles. The van der Waals surface area contributed by atoms with Gasteiger partial charge < -0.3 is 5.21 Å². The van der Waals surface area contributed by atoms with Crippen molar-refractivity contribution in [2.45, 2.75) is 18.7 Å². The molecule has 0 saturated carbocycles. The van der Waals surface area contributed by atoms with Gasteiger partial charge in [-0.15, -0.1) is 0 Å². The third-order valence-electron chi connectivity index (χ3n) is 3.03. The Hall–Kier alpha value is -2.21. The van der Waals surface area contributed by atoms with Crippen molar-refractivity contribution in [1.29, 1.82) is 0 Å². The summed E-state index contributed by atoms with van der Waals surface area (Å²) in [6, 6.07) is 9.95. The number of benzene rings is 1. The quantitative estimate of drug-likeness (QED) is 0.534. The van der Waals surface area contributed by atoms with Crippen molar-refractivity contribution >= 4 is 15.5 Å². The van der Waals surface area contributed by atoms with E-state index in [2.05, 4.69) is 10.1 Å². The molecule has 2 rings (SSSR count). The molecular formula is C15H16N2O3S. The maximum absolute atomic E-state index is 12.4. The van der Waals surface area contributed by atoms with Crippen molar-refractivity contribution in [3.63, 3.8) is 0 Å². The first-order valence-corrected chi connectivity index (χ1v) is 8.01. The number of rotatable bonds is 4. The Morgan fingerprint density at radius 1 is 1.24 bits per heavy atom. The number of aromatic nitrogens is 1. The molecule has 6 heteroatoms. The van der Waals surface area contributed by atoms with E-state index in [4.69, 9.17) is 5.21 Å². The molecule has 0 fully saturated rings. The van der Waals surface area contributed by atoms with E-state index in [1.165, 1.54) is 6.07 Å². The lowest BCUT2D eigenvalue weighted by Gasteiger charge is -2.08. The first kappa shape index (κ1) is 15.2. The Kier molecular flexibility index (Phi) is 4.37. The molecule has 0 aliphatic carbocycles.